The van der Waals surface area contributed by atoms with E-state index in [1.54, 1.807) is 0 Å². The zero-order valence-electron chi connectivity index (χ0n) is 8.75. The Morgan fingerprint density at radius 1 is 1.27 bits per heavy atom. The summed E-state index contributed by atoms with van der Waals surface area (Å²) in [5, 5.41) is 0. The van der Waals surface area contributed by atoms with Gasteiger partial charge in [0.1, 0.15) is 0 Å². The normalized spacial score (nSPS) is 19.3. The van der Waals surface area contributed by atoms with Crippen LogP contribution in [0.5, 0.6) is 0 Å². The van der Waals surface area contributed by atoms with E-state index in [1.165, 1.54) is 0 Å². The molecule has 1 rings (SSSR count). The van der Waals surface area contributed by atoms with E-state index in [0.29, 0.717) is 25.5 Å². The van der Waals surface area contributed by atoms with Crippen LogP contribution in [0.3, 0.4) is 0 Å². The standard InChI is InChI=1S/C9H18ClNO3S/c10-5-1-2-8-15(12,13)11-9-3-6-14-7-4-9/h9,11H,1-8H2. The first-order valence-corrected chi connectivity index (χ1v) is 7.46. The third-order valence-corrected chi connectivity index (χ3v) is 4.15. The predicted molar refractivity (Wildman–Crippen MR) is 60.7 cm³/mol. The number of alkyl halides is 1. The third-order valence-electron chi connectivity index (χ3n) is 2.36. The van der Waals surface area contributed by atoms with Crippen molar-refractivity contribution in [2.75, 3.05) is 24.8 Å². The summed E-state index contributed by atoms with van der Waals surface area (Å²) in [4.78, 5) is 0. The van der Waals surface area contributed by atoms with Crippen LogP contribution < -0.4 is 4.72 Å². The second-order valence-corrected chi connectivity index (χ2v) is 5.97. The molecular weight excluding hydrogens is 238 g/mol. The van der Waals surface area contributed by atoms with Crippen molar-refractivity contribution in [3.05, 3.63) is 0 Å². The molecule has 0 radical (unpaired) electrons. The molecule has 1 heterocycles. The molecule has 90 valence electrons. The molecular formula is C9H18ClNO3S. The first-order valence-electron chi connectivity index (χ1n) is 5.28. The average Bonchev–Trinajstić information content (AvgIpc) is 2.18. The van der Waals surface area contributed by atoms with Gasteiger partial charge in [-0.25, -0.2) is 13.1 Å². The largest absolute Gasteiger partial charge is 0.381 e. The number of nitrogens with one attached hydrogen (secondary N) is 1. The summed E-state index contributed by atoms with van der Waals surface area (Å²) < 4.78 is 31.0. The minimum Gasteiger partial charge on any atom is -0.381 e. The van der Waals surface area contributed by atoms with E-state index in [4.69, 9.17) is 16.3 Å². The topological polar surface area (TPSA) is 55.4 Å². The molecule has 0 aromatic rings. The van der Waals surface area contributed by atoms with Crippen LogP contribution in [0.4, 0.5) is 0 Å². The Kier molecular flexibility index (Phi) is 5.89. The van der Waals surface area contributed by atoms with Gasteiger partial charge >= 0.3 is 0 Å². The van der Waals surface area contributed by atoms with Gasteiger partial charge in [-0.15, -0.1) is 11.6 Å². The molecule has 0 atom stereocenters. The highest BCUT2D eigenvalue weighted by atomic mass is 35.5. The van der Waals surface area contributed by atoms with E-state index in [0.717, 1.165) is 19.3 Å². The van der Waals surface area contributed by atoms with Gasteiger partial charge in [0.2, 0.25) is 10.0 Å². The maximum absolute atomic E-state index is 11.6. The second-order valence-electron chi connectivity index (χ2n) is 3.72. The van der Waals surface area contributed by atoms with Gasteiger partial charge in [0.15, 0.2) is 0 Å². The fourth-order valence-corrected chi connectivity index (χ4v) is 3.15. The fraction of sp³-hybridized carbons (Fsp3) is 1.00. The van der Waals surface area contributed by atoms with Crippen LogP contribution in [-0.4, -0.2) is 39.3 Å². The number of sulfonamides is 1. The molecule has 0 aromatic carbocycles. The summed E-state index contributed by atoms with van der Waals surface area (Å²) in [6, 6.07) is 0.0553. The van der Waals surface area contributed by atoms with Gasteiger partial charge in [0, 0.05) is 25.1 Å². The van der Waals surface area contributed by atoms with Gasteiger partial charge in [-0.2, -0.15) is 0 Å². The molecule has 0 spiro atoms. The van der Waals surface area contributed by atoms with E-state index in [2.05, 4.69) is 4.72 Å². The van der Waals surface area contributed by atoms with Gasteiger partial charge < -0.3 is 4.74 Å². The van der Waals surface area contributed by atoms with Gasteiger partial charge in [0.25, 0.3) is 0 Å². The first kappa shape index (κ1) is 13.2. The Labute approximate surface area is 96.4 Å². The number of halogens is 1. The van der Waals surface area contributed by atoms with E-state index in [1.807, 2.05) is 0 Å². The highest BCUT2D eigenvalue weighted by Crippen LogP contribution is 2.08. The third kappa shape index (κ3) is 5.70. The molecule has 0 aliphatic carbocycles. The summed E-state index contributed by atoms with van der Waals surface area (Å²) in [6.45, 7) is 1.30. The lowest BCUT2D eigenvalue weighted by Crippen LogP contribution is -2.40. The van der Waals surface area contributed by atoms with Crippen molar-refractivity contribution in [3.8, 4) is 0 Å². The van der Waals surface area contributed by atoms with E-state index in [9.17, 15) is 8.42 Å². The van der Waals surface area contributed by atoms with Crippen LogP contribution in [0.25, 0.3) is 0 Å². The van der Waals surface area contributed by atoms with Crippen LogP contribution >= 0.6 is 11.6 Å². The Morgan fingerprint density at radius 2 is 1.93 bits per heavy atom. The molecule has 0 bridgehead atoms. The molecule has 1 fully saturated rings. The van der Waals surface area contributed by atoms with Crippen LogP contribution in [-0.2, 0) is 14.8 Å². The molecule has 1 aliphatic rings. The van der Waals surface area contributed by atoms with E-state index < -0.39 is 10.0 Å². The summed E-state index contributed by atoms with van der Waals surface area (Å²) >= 11 is 5.49. The molecule has 15 heavy (non-hydrogen) atoms. The number of unbranched alkanes of at least 4 members (excludes halogenated alkanes) is 1. The van der Waals surface area contributed by atoms with Gasteiger partial charge in [-0.05, 0) is 25.7 Å². The SMILES string of the molecule is O=S(=O)(CCCCCl)NC1CCOCC1. The smallest absolute Gasteiger partial charge is 0.211 e. The zero-order chi connectivity index (χ0) is 11.1. The molecule has 0 saturated carbocycles. The molecule has 0 unspecified atom stereocenters. The minimum atomic E-state index is -3.12. The van der Waals surface area contributed by atoms with Crippen molar-refractivity contribution in [2.45, 2.75) is 31.7 Å². The van der Waals surface area contributed by atoms with Crippen molar-refractivity contribution in [1.82, 2.24) is 4.72 Å². The quantitative estimate of drug-likeness (QED) is 0.571. The van der Waals surface area contributed by atoms with Crippen molar-refractivity contribution in [2.24, 2.45) is 0 Å². The Hall–Kier alpha value is 0.160. The summed E-state index contributed by atoms with van der Waals surface area (Å²) in [5.74, 6) is 0.698. The highest BCUT2D eigenvalue weighted by molar-refractivity contribution is 7.89. The maximum atomic E-state index is 11.6. The Morgan fingerprint density at radius 3 is 2.53 bits per heavy atom. The lowest BCUT2D eigenvalue weighted by atomic mass is 10.1. The monoisotopic (exact) mass is 255 g/mol. The average molecular weight is 256 g/mol. The molecule has 1 N–H and O–H groups in total. The first-order chi connectivity index (χ1) is 7.14. The Bertz CT molecular complexity index is 263. The molecule has 6 heteroatoms. The predicted octanol–water partition coefficient (Wildman–Crippen LogP) is 1.10. The second kappa shape index (κ2) is 6.68. The van der Waals surface area contributed by atoms with Crippen LogP contribution in [0.1, 0.15) is 25.7 Å². The molecule has 1 aliphatic heterocycles. The molecule has 4 nitrogen and oxygen atoms in total. The highest BCUT2D eigenvalue weighted by Gasteiger charge is 2.19. The van der Waals surface area contributed by atoms with Crippen LogP contribution in [0, 0.1) is 0 Å². The lowest BCUT2D eigenvalue weighted by molar-refractivity contribution is 0.0832. The van der Waals surface area contributed by atoms with Crippen molar-refractivity contribution in [1.29, 1.82) is 0 Å². The van der Waals surface area contributed by atoms with Crippen LogP contribution in [0.15, 0.2) is 0 Å². The van der Waals surface area contributed by atoms with Crippen LogP contribution in [0.2, 0.25) is 0 Å². The number of hydrogen-bond donors (Lipinski definition) is 1. The Balaban J connectivity index is 2.27. The van der Waals surface area contributed by atoms with E-state index in [-0.39, 0.29) is 11.8 Å². The van der Waals surface area contributed by atoms with Gasteiger partial charge in [0.05, 0.1) is 5.75 Å². The summed E-state index contributed by atoms with van der Waals surface area (Å²) in [7, 11) is -3.12. The van der Waals surface area contributed by atoms with Gasteiger partial charge in [-0.1, -0.05) is 0 Å². The number of hydrogen-bond acceptors (Lipinski definition) is 3. The minimum absolute atomic E-state index is 0.0553. The number of rotatable bonds is 6. The molecule has 1 saturated heterocycles. The fourth-order valence-electron chi connectivity index (χ4n) is 1.51. The lowest BCUT2D eigenvalue weighted by Gasteiger charge is -2.22. The van der Waals surface area contributed by atoms with Crippen molar-refractivity contribution in [3.63, 3.8) is 0 Å². The van der Waals surface area contributed by atoms with Gasteiger partial charge in [-0.3, -0.25) is 0 Å². The molecule has 0 amide bonds. The van der Waals surface area contributed by atoms with E-state index >= 15 is 0 Å². The number of ether oxygens (including phenoxy) is 1. The maximum Gasteiger partial charge on any atom is 0.211 e. The van der Waals surface area contributed by atoms with Crippen molar-refractivity contribution < 1.29 is 13.2 Å². The zero-order valence-corrected chi connectivity index (χ0v) is 10.3. The summed E-state index contributed by atoms with van der Waals surface area (Å²) in [5.41, 5.74) is 0. The molecule has 0 aromatic heterocycles. The van der Waals surface area contributed by atoms with Crippen molar-refractivity contribution >= 4 is 21.6 Å². The summed E-state index contributed by atoms with van der Waals surface area (Å²) in [6.07, 6.45) is 2.92.